The lowest BCUT2D eigenvalue weighted by Gasteiger charge is -2.31. The number of esters is 1. The molecule has 2 heterocycles. The van der Waals surface area contributed by atoms with E-state index in [9.17, 15) is 9.59 Å². The van der Waals surface area contributed by atoms with Gasteiger partial charge in [0.25, 0.3) is 5.91 Å². The van der Waals surface area contributed by atoms with E-state index in [1.807, 2.05) is 27.7 Å². The van der Waals surface area contributed by atoms with Gasteiger partial charge in [-0.1, -0.05) is 0 Å². The molecule has 2 atom stereocenters. The van der Waals surface area contributed by atoms with Gasteiger partial charge in [0.05, 0.1) is 12.7 Å². The molecule has 128 valence electrons. The van der Waals surface area contributed by atoms with Crippen molar-refractivity contribution in [2.75, 3.05) is 32.1 Å². The summed E-state index contributed by atoms with van der Waals surface area (Å²) in [5, 5.41) is 3.46. The minimum absolute atomic E-state index is 0.0901. The van der Waals surface area contributed by atoms with Gasteiger partial charge in [-0.2, -0.15) is 0 Å². The van der Waals surface area contributed by atoms with Gasteiger partial charge in [0, 0.05) is 4.88 Å². The molecule has 0 aliphatic carbocycles. The van der Waals surface area contributed by atoms with Crippen molar-refractivity contribution < 1.29 is 24.0 Å². The van der Waals surface area contributed by atoms with Crippen molar-refractivity contribution in [1.29, 1.82) is 0 Å². The number of rotatable bonds is 4. The molecule has 1 saturated heterocycles. The van der Waals surface area contributed by atoms with Crippen LogP contribution in [0.15, 0.2) is 0 Å². The Hall–Kier alpha value is -1.44. The molecule has 7 heteroatoms. The molecule has 1 aliphatic rings. The van der Waals surface area contributed by atoms with Crippen LogP contribution < -0.4 is 10.2 Å². The van der Waals surface area contributed by atoms with E-state index in [1.54, 1.807) is 0 Å². The van der Waals surface area contributed by atoms with Gasteiger partial charge in [-0.15, -0.1) is 11.3 Å². The number of amides is 1. The molecule has 2 N–H and O–H groups in total. The lowest BCUT2D eigenvalue weighted by molar-refractivity contribution is -0.907. The quantitative estimate of drug-likeness (QED) is 0.794. The number of hydrogen-bond donors (Lipinski definition) is 2. The van der Waals surface area contributed by atoms with Gasteiger partial charge in [-0.25, -0.2) is 4.79 Å². The van der Waals surface area contributed by atoms with E-state index in [-0.39, 0.29) is 18.1 Å². The van der Waals surface area contributed by atoms with Crippen LogP contribution in [-0.2, 0) is 14.3 Å². The van der Waals surface area contributed by atoms with Crippen LogP contribution in [0.4, 0.5) is 5.00 Å². The zero-order valence-corrected chi connectivity index (χ0v) is 15.1. The van der Waals surface area contributed by atoms with Crippen LogP contribution in [0.5, 0.6) is 0 Å². The van der Waals surface area contributed by atoms with Crippen LogP contribution in [0.2, 0.25) is 0 Å². The maximum Gasteiger partial charge on any atom is 0.341 e. The first-order chi connectivity index (χ1) is 10.8. The van der Waals surface area contributed by atoms with Gasteiger partial charge in [-0.05, 0) is 33.3 Å². The minimum atomic E-state index is -0.414. The molecule has 0 bridgehead atoms. The van der Waals surface area contributed by atoms with E-state index >= 15 is 0 Å². The van der Waals surface area contributed by atoms with Crippen LogP contribution in [-0.4, -0.2) is 50.8 Å². The van der Waals surface area contributed by atoms with Crippen molar-refractivity contribution in [2.24, 2.45) is 0 Å². The number of methoxy groups -OCH3 is 1. The molecule has 0 unspecified atom stereocenters. The Kier molecular flexibility index (Phi) is 5.78. The molecule has 1 aromatic heterocycles. The lowest BCUT2D eigenvalue weighted by Crippen LogP contribution is -3.16. The van der Waals surface area contributed by atoms with Crippen LogP contribution >= 0.6 is 11.3 Å². The monoisotopic (exact) mass is 341 g/mol. The molecule has 6 nitrogen and oxygen atoms in total. The van der Waals surface area contributed by atoms with Crippen molar-refractivity contribution in [2.45, 2.75) is 39.9 Å². The van der Waals surface area contributed by atoms with Crippen LogP contribution in [0.25, 0.3) is 0 Å². The van der Waals surface area contributed by atoms with Crippen molar-refractivity contribution in [3.63, 3.8) is 0 Å². The first kappa shape index (κ1) is 17.9. The third-order valence-corrected chi connectivity index (χ3v) is 5.18. The van der Waals surface area contributed by atoms with Gasteiger partial charge in [0.15, 0.2) is 6.54 Å². The topological polar surface area (TPSA) is 69.1 Å². The maximum absolute atomic E-state index is 12.4. The Labute approximate surface area is 140 Å². The predicted octanol–water partition coefficient (Wildman–Crippen LogP) is 0.782. The van der Waals surface area contributed by atoms with E-state index in [4.69, 9.17) is 9.47 Å². The number of aryl methyl sites for hydroxylation is 1. The number of carbonyl (C=O) groups excluding carboxylic acids is 2. The molecule has 0 spiro atoms. The Balaban J connectivity index is 2.06. The summed E-state index contributed by atoms with van der Waals surface area (Å²) in [6, 6.07) is 0. The second-order valence-electron chi connectivity index (χ2n) is 6.12. The summed E-state index contributed by atoms with van der Waals surface area (Å²) in [6.45, 7) is 9.83. The average Bonchev–Trinajstić information content (AvgIpc) is 2.71. The number of ether oxygens (including phenoxy) is 2. The van der Waals surface area contributed by atoms with Gasteiger partial charge in [0.1, 0.15) is 30.3 Å². The number of morpholine rings is 1. The standard InChI is InChI=1S/C16H24N2O4S/c1-9-6-18(7-10(2)22-9)8-13(19)17-15-14(16(20)21-5)11(3)12(4)23-15/h9-10H,6-8H2,1-5H3,(H,17,19)/p+1/t9-,10-/m0/s1. The van der Waals surface area contributed by atoms with Crippen molar-refractivity contribution >= 4 is 28.2 Å². The summed E-state index contributed by atoms with van der Waals surface area (Å²) < 4.78 is 10.5. The summed E-state index contributed by atoms with van der Waals surface area (Å²) in [7, 11) is 1.35. The number of hydrogen-bond acceptors (Lipinski definition) is 5. The van der Waals surface area contributed by atoms with Crippen molar-refractivity contribution in [3.8, 4) is 0 Å². The highest BCUT2D eigenvalue weighted by molar-refractivity contribution is 7.16. The zero-order valence-electron chi connectivity index (χ0n) is 14.3. The lowest BCUT2D eigenvalue weighted by atomic mass is 10.1. The van der Waals surface area contributed by atoms with Gasteiger partial charge in [0.2, 0.25) is 0 Å². The SMILES string of the molecule is COC(=O)c1c(NC(=O)C[NH+]2C[C@H](C)O[C@@H](C)C2)sc(C)c1C. The normalized spacial score (nSPS) is 24.3. The predicted molar refractivity (Wildman–Crippen MR) is 89.3 cm³/mol. The summed E-state index contributed by atoms with van der Waals surface area (Å²) in [5.41, 5.74) is 1.32. The molecule has 0 radical (unpaired) electrons. The smallest absolute Gasteiger partial charge is 0.341 e. The third-order valence-electron chi connectivity index (χ3n) is 4.06. The number of anilines is 1. The number of carbonyl (C=O) groups is 2. The van der Waals surface area contributed by atoms with Gasteiger partial charge in [-0.3, -0.25) is 4.79 Å². The van der Waals surface area contributed by atoms with E-state index in [1.165, 1.54) is 23.3 Å². The number of thiophene rings is 1. The molecule has 1 aromatic rings. The highest BCUT2D eigenvalue weighted by Gasteiger charge is 2.28. The van der Waals surface area contributed by atoms with Crippen LogP contribution in [0, 0.1) is 13.8 Å². The number of quaternary nitrogens is 1. The second kappa shape index (κ2) is 7.42. The van der Waals surface area contributed by atoms with E-state index < -0.39 is 5.97 Å². The summed E-state index contributed by atoms with van der Waals surface area (Å²) in [5.74, 6) is -0.504. The summed E-state index contributed by atoms with van der Waals surface area (Å²) in [4.78, 5) is 26.5. The molecule has 1 amide bonds. The molecule has 1 aliphatic heterocycles. The molecular weight excluding hydrogens is 316 g/mol. The van der Waals surface area contributed by atoms with Gasteiger partial charge < -0.3 is 19.7 Å². The molecule has 1 fully saturated rings. The molecule has 0 saturated carbocycles. The van der Waals surface area contributed by atoms with Gasteiger partial charge >= 0.3 is 5.97 Å². The first-order valence-electron chi connectivity index (χ1n) is 7.79. The largest absolute Gasteiger partial charge is 0.465 e. The number of nitrogens with one attached hydrogen (secondary N) is 2. The fraction of sp³-hybridized carbons (Fsp3) is 0.625. The minimum Gasteiger partial charge on any atom is -0.465 e. The molecule has 0 aromatic carbocycles. The molecule has 2 rings (SSSR count). The zero-order chi connectivity index (χ0) is 17.1. The fourth-order valence-electron chi connectivity index (χ4n) is 2.99. The Bertz CT molecular complexity index is 589. The Morgan fingerprint density at radius 3 is 2.48 bits per heavy atom. The Morgan fingerprint density at radius 1 is 1.30 bits per heavy atom. The summed E-state index contributed by atoms with van der Waals surface area (Å²) >= 11 is 1.41. The van der Waals surface area contributed by atoms with Crippen LogP contribution in [0.3, 0.4) is 0 Å². The third kappa shape index (κ3) is 4.31. The maximum atomic E-state index is 12.4. The fourth-order valence-corrected chi connectivity index (χ4v) is 4.06. The Morgan fingerprint density at radius 2 is 1.91 bits per heavy atom. The van der Waals surface area contributed by atoms with Crippen molar-refractivity contribution in [1.82, 2.24) is 0 Å². The highest BCUT2D eigenvalue weighted by Crippen LogP contribution is 2.32. The average molecular weight is 341 g/mol. The van der Waals surface area contributed by atoms with Crippen LogP contribution in [0.1, 0.15) is 34.6 Å². The van der Waals surface area contributed by atoms with E-state index in [2.05, 4.69) is 5.32 Å². The summed E-state index contributed by atoms with van der Waals surface area (Å²) in [6.07, 6.45) is 0.303. The molecule has 23 heavy (non-hydrogen) atoms. The van der Waals surface area contributed by atoms with Crippen molar-refractivity contribution in [3.05, 3.63) is 16.0 Å². The highest BCUT2D eigenvalue weighted by atomic mass is 32.1. The second-order valence-corrected chi connectivity index (χ2v) is 7.34. The van der Waals surface area contributed by atoms with E-state index in [0.29, 0.717) is 17.1 Å². The first-order valence-corrected chi connectivity index (χ1v) is 8.60. The molecular formula is C16H25N2O4S+. The van der Waals surface area contributed by atoms with E-state index in [0.717, 1.165) is 23.5 Å².